The summed E-state index contributed by atoms with van der Waals surface area (Å²) in [5.74, 6) is -0.381. The molecule has 30 heavy (non-hydrogen) atoms. The molecule has 1 aromatic carbocycles. The lowest BCUT2D eigenvalue weighted by atomic mass is 9.85. The normalized spacial score (nSPS) is 27.6. The number of aromatic hydroxyl groups is 1. The van der Waals surface area contributed by atoms with Crippen molar-refractivity contribution in [1.29, 1.82) is 0 Å². The van der Waals surface area contributed by atoms with E-state index in [0.29, 0.717) is 11.5 Å². The highest BCUT2D eigenvalue weighted by molar-refractivity contribution is 6.07. The molecule has 1 saturated heterocycles. The van der Waals surface area contributed by atoms with Crippen LogP contribution < -0.4 is 5.32 Å². The largest absolute Gasteiger partial charge is 0.506 e. The second-order valence-corrected chi connectivity index (χ2v) is 8.28. The van der Waals surface area contributed by atoms with Crippen molar-refractivity contribution < 1.29 is 23.9 Å². The Labute approximate surface area is 173 Å². The average Bonchev–Trinajstić information content (AvgIpc) is 3.47. The number of allylic oxidation sites excluding steroid dienone is 2. The molecule has 7 nitrogen and oxygen atoms in total. The van der Waals surface area contributed by atoms with Gasteiger partial charge in [0.05, 0.1) is 23.9 Å². The van der Waals surface area contributed by atoms with E-state index in [1.54, 1.807) is 37.3 Å². The number of benzene rings is 1. The van der Waals surface area contributed by atoms with Gasteiger partial charge in [-0.2, -0.15) is 0 Å². The van der Waals surface area contributed by atoms with Crippen LogP contribution in [0, 0.1) is 30.6 Å². The molecule has 3 aliphatic rings. The third-order valence-corrected chi connectivity index (χ3v) is 6.46. The number of likely N-dealkylation sites (tertiary alicyclic amines) is 1. The number of imide groups is 1. The molecule has 2 N–H and O–H groups in total. The number of rotatable bonds is 5. The van der Waals surface area contributed by atoms with Crippen molar-refractivity contribution >= 4 is 23.4 Å². The summed E-state index contributed by atoms with van der Waals surface area (Å²) in [5.41, 5.74) is 0.273. The molecule has 1 aliphatic heterocycles. The fraction of sp³-hybridized carbons (Fsp3) is 0.348. The molecule has 2 heterocycles. The molecule has 2 bridgehead atoms. The SMILES string of the molecule is Cc1ccc(C(CC(=O)Nc2ccccc2O)N2C(=O)C3C4C=CC(C4)C3C2=O)o1. The first-order chi connectivity index (χ1) is 14.4. The maximum atomic E-state index is 13.3. The molecule has 2 aliphatic carbocycles. The molecular formula is C23H22N2O5. The molecule has 2 aromatic rings. The van der Waals surface area contributed by atoms with Crippen LogP contribution in [0.4, 0.5) is 5.69 Å². The first-order valence-electron chi connectivity index (χ1n) is 10.1. The van der Waals surface area contributed by atoms with Gasteiger partial charge in [0.2, 0.25) is 17.7 Å². The average molecular weight is 406 g/mol. The van der Waals surface area contributed by atoms with Crippen LogP contribution in [-0.4, -0.2) is 27.7 Å². The number of amides is 3. The molecule has 2 fully saturated rings. The summed E-state index contributed by atoms with van der Waals surface area (Å²) in [6.45, 7) is 1.77. The third kappa shape index (κ3) is 2.84. The zero-order valence-electron chi connectivity index (χ0n) is 16.4. The quantitative estimate of drug-likeness (QED) is 0.451. The van der Waals surface area contributed by atoms with Crippen LogP contribution in [0.5, 0.6) is 5.75 Å². The Kier molecular flexibility index (Phi) is 4.27. The van der Waals surface area contributed by atoms with Gasteiger partial charge in [0, 0.05) is 0 Å². The summed E-state index contributed by atoms with van der Waals surface area (Å²) >= 11 is 0. The van der Waals surface area contributed by atoms with Crippen LogP contribution in [0.15, 0.2) is 53.0 Å². The van der Waals surface area contributed by atoms with Crippen molar-refractivity contribution in [2.75, 3.05) is 5.32 Å². The first kappa shape index (κ1) is 18.7. The van der Waals surface area contributed by atoms with Crippen molar-refractivity contribution in [2.24, 2.45) is 23.7 Å². The standard InChI is InChI=1S/C23H22N2O5/c1-12-6-9-18(30-12)16(11-19(27)24-15-4-2-3-5-17(15)26)25-22(28)20-13-7-8-14(10-13)21(20)23(25)29/h2-9,13-14,16,20-21,26H,10-11H2,1H3,(H,24,27). The number of carbonyl (C=O) groups is 3. The number of nitrogens with zero attached hydrogens (tertiary/aromatic N) is 1. The van der Waals surface area contributed by atoms with E-state index in [2.05, 4.69) is 5.32 Å². The molecule has 5 unspecified atom stereocenters. The van der Waals surface area contributed by atoms with Gasteiger partial charge in [-0.1, -0.05) is 24.3 Å². The van der Waals surface area contributed by atoms with E-state index < -0.39 is 11.9 Å². The van der Waals surface area contributed by atoms with Gasteiger partial charge in [-0.25, -0.2) is 0 Å². The van der Waals surface area contributed by atoms with Gasteiger partial charge in [-0.15, -0.1) is 0 Å². The molecule has 0 radical (unpaired) electrons. The van der Waals surface area contributed by atoms with Crippen molar-refractivity contribution in [3.05, 3.63) is 60.1 Å². The Hall–Kier alpha value is -3.35. The molecule has 1 saturated carbocycles. The van der Waals surface area contributed by atoms with Crippen molar-refractivity contribution in [3.63, 3.8) is 0 Å². The van der Waals surface area contributed by atoms with Crippen molar-refractivity contribution in [3.8, 4) is 5.75 Å². The first-order valence-corrected chi connectivity index (χ1v) is 10.1. The van der Waals surface area contributed by atoms with Gasteiger partial charge < -0.3 is 14.8 Å². The molecule has 5 atom stereocenters. The lowest BCUT2D eigenvalue weighted by molar-refractivity contribution is -0.144. The predicted molar refractivity (Wildman–Crippen MR) is 107 cm³/mol. The maximum absolute atomic E-state index is 13.3. The van der Waals surface area contributed by atoms with E-state index in [9.17, 15) is 19.5 Å². The minimum atomic E-state index is -0.824. The summed E-state index contributed by atoms with van der Waals surface area (Å²) in [4.78, 5) is 40.5. The Morgan fingerprint density at radius 3 is 2.40 bits per heavy atom. The zero-order chi connectivity index (χ0) is 21.0. The lowest BCUT2D eigenvalue weighted by Gasteiger charge is -2.26. The van der Waals surface area contributed by atoms with E-state index in [-0.39, 0.29) is 53.3 Å². The van der Waals surface area contributed by atoms with Crippen LogP contribution in [-0.2, 0) is 14.4 Å². The number of para-hydroxylation sites is 2. The summed E-state index contributed by atoms with van der Waals surface area (Å²) in [5, 5.41) is 12.6. The zero-order valence-corrected chi connectivity index (χ0v) is 16.4. The number of fused-ring (bicyclic) bond motifs is 5. The molecule has 0 spiro atoms. The number of furan rings is 1. The van der Waals surface area contributed by atoms with Gasteiger partial charge in [-0.3, -0.25) is 19.3 Å². The number of hydrogen-bond acceptors (Lipinski definition) is 5. The van der Waals surface area contributed by atoms with Gasteiger partial charge in [0.25, 0.3) is 0 Å². The van der Waals surface area contributed by atoms with Crippen LogP contribution >= 0.6 is 0 Å². The number of hydrogen-bond donors (Lipinski definition) is 2. The predicted octanol–water partition coefficient (Wildman–Crippen LogP) is 3.17. The summed E-state index contributed by atoms with van der Waals surface area (Å²) < 4.78 is 5.73. The Balaban J connectivity index is 1.43. The number of phenols is 1. The highest BCUT2D eigenvalue weighted by Gasteiger charge is 2.60. The number of anilines is 1. The molecule has 3 amide bonds. The van der Waals surface area contributed by atoms with Gasteiger partial charge in [-0.05, 0) is 49.4 Å². The minimum absolute atomic E-state index is 0.0539. The minimum Gasteiger partial charge on any atom is -0.506 e. The molecule has 154 valence electrons. The highest BCUT2D eigenvalue weighted by Crippen LogP contribution is 2.54. The van der Waals surface area contributed by atoms with E-state index in [4.69, 9.17) is 4.42 Å². The summed E-state index contributed by atoms with van der Waals surface area (Å²) in [6, 6.07) is 9.03. The van der Waals surface area contributed by atoms with Crippen LogP contribution in [0.25, 0.3) is 0 Å². The smallest absolute Gasteiger partial charge is 0.234 e. The van der Waals surface area contributed by atoms with Crippen LogP contribution in [0.1, 0.15) is 30.4 Å². The van der Waals surface area contributed by atoms with Crippen molar-refractivity contribution in [2.45, 2.75) is 25.8 Å². The Morgan fingerprint density at radius 1 is 1.13 bits per heavy atom. The number of nitrogens with one attached hydrogen (secondary N) is 1. The van der Waals surface area contributed by atoms with E-state index in [1.807, 2.05) is 12.2 Å². The summed E-state index contributed by atoms with van der Waals surface area (Å²) in [6.07, 6.45) is 4.77. The number of aryl methyl sites for hydroxylation is 1. The van der Waals surface area contributed by atoms with Crippen molar-refractivity contribution in [1.82, 2.24) is 4.90 Å². The van der Waals surface area contributed by atoms with Crippen LogP contribution in [0.3, 0.4) is 0 Å². The lowest BCUT2D eigenvalue weighted by Crippen LogP contribution is -2.38. The number of phenolic OH excluding ortho intramolecular Hbond substituents is 1. The van der Waals surface area contributed by atoms with E-state index in [0.717, 1.165) is 6.42 Å². The Bertz CT molecular complexity index is 1040. The topological polar surface area (TPSA) is 99.9 Å². The van der Waals surface area contributed by atoms with E-state index in [1.165, 1.54) is 11.0 Å². The fourth-order valence-corrected chi connectivity index (χ4v) is 5.14. The van der Waals surface area contributed by atoms with Gasteiger partial charge in [0.1, 0.15) is 23.3 Å². The summed E-state index contributed by atoms with van der Waals surface area (Å²) in [7, 11) is 0. The number of carbonyl (C=O) groups excluding carboxylic acids is 3. The van der Waals surface area contributed by atoms with Gasteiger partial charge in [0.15, 0.2) is 0 Å². The maximum Gasteiger partial charge on any atom is 0.234 e. The van der Waals surface area contributed by atoms with Gasteiger partial charge >= 0.3 is 0 Å². The monoisotopic (exact) mass is 406 g/mol. The third-order valence-electron chi connectivity index (χ3n) is 6.46. The Morgan fingerprint density at radius 2 is 1.80 bits per heavy atom. The fourth-order valence-electron chi connectivity index (χ4n) is 5.14. The molecular weight excluding hydrogens is 384 g/mol. The van der Waals surface area contributed by atoms with Crippen LogP contribution in [0.2, 0.25) is 0 Å². The highest BCUT2D eigenvalue weighted by atomic mass is 16.3. The van der Waals surface area contributed by atoms with E-state index >= 15 is 0 Å². The molecule has 7 heteroatoms. The second kappa shape index (κ2) is 6.86. The molecule has 1 aromatic heterocycles. The molecule has 5 rings (SSSR count). The second-order valence-electron chi connectivity index (χ2n) is 8.28.